The molecule has 1 heterocycles. The normalized spacial score (nSPS) is 23.1. The van der Waals surface area contributed by atoms with Gasteiger partial charge >= 0.3 is 0 Å². The summed E-state index contributed by atoms with van der Waals surface area (Å²) in [5.41, 5.74) is 6.60. The summed E-state index contributed by atoms with van der Waals surface area (Å²) in [5.74, 6) is 0. The molecule has 1 aromatic rings. The highest BCUT2D eigenvalue weighted by molar-refractivity contribution is 7.77. The fourth-order valence-corrected chi connectivity index (χ4v) is 3.06. The van der Waals surface area contributed by atoms with Crippen LogP contribution in [-0.4, -0.2) is 19.8 Å². The van der Waals surface area contributed by atoms with E-state index in [0.29, 0.717) is 11.6 Å². The third kappa shape index (κ3) is 2.11. The Morgan fingerprint density at radius 1 is 1.71 bits per heavy atom. The first kappa shape index (κ1) is 10.0. The minimum absolute atomic E-state index is 0.000633. The van der Waals surface area contributed by atoms with Gasteiger partial charge in [-0.05, 0) is 19.3 Å². The van der Waals surface area contributed by atoms with Gasteiger partial charge in [0, 0.05) is 22.2 Å². The maximum Gasteiger partial charge on any atom is 0.180 e. The first-order valence-electron chi connectivity index (χ1n) is 4.24. The molecule has 0 spiro atoms. The van der Waals surface area contributed by atoms with Crippen LogP contribution < -0.4 is 10.5 Å². The topological polar surface area (TPSA) is 91.1 Å². The molecule has 1 unspecified atom stereocenters. The van der Waals surface area contributed by atoms with Gasteiger partial charge in [0.2, 0.25) is 0 Å². The summed E-state index contributed by atoms with van der Waals surface area (Å²) >= 11 is -0.733. The van der Waals surface area contributed by atoms with E-state index in [9.17, 15) is 8.76 Å². The highest BCUT2D eigenvalue weighted by Crippen LogP contribution is 2.28. The van der Waals surface area contributed by atoms with Gasteiger partial charge in [-0.25, -0.2) is 9.71 Å². The van der Waals surface area contributed by atoms with Crippen LogP contribution in [0.4, 0.5) is 5.13 Å². The monoisotopic (exact) mass is 232 g/mol. The van der Waals surface area contributed by atoms with Gasteiger partial charge in [-0.3, -0.25) is 4.21 Å². The molecule has 2 atom stereocenters. The zero-order chi connectivity index (χ0) is 10.1. The molecule has 1 aliphatic carbocycles. The Morgan fingerprint density at radius 2 is 2.50 bits per heavy atom. The van der Waals surface area contributed by atoms with Crippen molar-refractivity contribution >= 4 is 27.7 Å². The van der Waals surface area contributed by atoms with E-state index < -0.39 is 11.3 Å². The van der Waals surface area contributed by atoms with Crippen LogP contribution in [0.3, 0.4) is 0 Å². The molecular formula is C7H10N3O2S2-. The molecule has 0 radical (unpaired) electrons. The van der Waals surface area contributed by atoms with Crippen molar-refractivity contribution in [1.29, 1.82) is 0 Å². The smallest absolute Gasteiger partial charge is 0.180 e. The van der Waals surface area contributed by atoms with Crippen LogP contribution in [0.15, 0.2) is 0 Å². The Kier molecular flexibility index (Phi) is 2.82. The van der Waals surface area contributed by atoms with Gasteiger partial charge in [0.05, 0.1) is 5.69 Å². The van der Waals surface area contributed by atoms with Gasteiger partial charge in [0.25, 0.3) is 0 Å². The lowest BCUT2D eigenvalue weighted by molar-refractivity contribution is 0.479. The molecule has 0 saturated carbocycles. The fraction of sp³-hybridized carbons (Fsp3) is 0.571. The van der Waals surface area contributed by atoms with E-state index in [1.165, 1.54) is 11.3 Å². The van der Waals surface area contributed by atoms with Crippen molar-refractivity contribution in [2.45, 2.75) is 25.3 Å². The molecule has 78 valence electrons. The number of nitrogens with zero attached hydrogens (tertiary/aromatic N) is 1. The van der Waals surface area contributed by atoms with Crippen LogP contribution in [0.1, 0.15) is 17.0 Å². The SMILES string of the molecule is Nc1nc2c(s1)C[C@@H](NS(=O)[O-])CC2. The van der Waals surface area contributed by atoms with Gasteiger partial charge in [-0.1, -0.05) is 0 Å². The van der Waals surface area contributed by atoms with Gasteiger partial charge in [-0.15, -0.1) is 11.3 Å². The van der Waals surface area contributed by atoms with Crippen LogP contribution in [0.2, 0.25) is 0 Å². The minimum Gasteiger partial charge on any atom is -0.760 e. The van der Waals surface area contributed by atoms with Crippen molar-refractivity contribution < 1.29 is 8.76 Å². The highest BCUT2D eigenvalue weighted by Gasteiger charge is 2.21. The second-order valence-electron chi connectivity index (χ2n) is 3.21. The Hall–Kier alpha value is -0.500. The average molecular weight is 232 g/mol. The quantitative estimate of drug-likeness (QED) is 0.700. The van der Waals surface area contributed by atoms with Crippen molar-refractivity contribution in [3.63, 3.8) is 0 Å². The van der Waals surface area contributed by atoms with E-state index >= 15 is 0 Å². The number of aryl methyl sites for hydroxylation is 1. The number of thiazole rings is 1. The summed E-state index contributed by atoms with van der Waals surface area (Å²) < 4.78 is 23.4. The molecule has 1 aliphatic rings. The van der Waals surface area contributed by atoms with E-state index in [1.54, 1.807) is 0 Å². The van der Waals surface area contributed by atoms with Crippen molar-refractivity contribution in [2.75, 3.05) is 5.73 Å². The zero-order valence-corrected chi connectivity index (χ0v) is 8.99. The third-order valence-corrected chi connectivity index (χ3v) is 3.69. The van der Waals surface area contributed by atoms with Crippen molar-refractivity contribution in [3.05, 3.63) is 10.6 Å². The Bertz CT molecular complexity index is 366. The summed E-state index contributed by atoms with van der Waals surface area (Å²) in [6.45, 7) is 0. The van der Waals surface area contributed by atoms with Gasteiger partial charge in [0.15, 0.2) is 5.13 Å². The summed E-state index contributed by atoms with van der Waals surface area (Å²) in [4.78, 5) is 5.29. The molecule has 0 aliphatic heterocycles. The summed E-state index contributed by atoms with van der Waals surface area (Å²) in [6, 6.07) is 0.000633. The number of fused-ring (bicyclic) bond motifs is 1. The largest absolute Gasteiger partial charge is 0.760 e. The lowest BCUT2D eigenvalue weighted by Gasteiger charge is -2.23. The first-order valence-corrected chi connectivity index (χ1v) is 6.14. The third-order valence-electron chi connectivity index (χ3n) is 2.22. The molecule has 2 rings (SSSR count). The maximum atomic E-state index is 10.4. The van der Waals surface area contributed by atoms with E-state index in [2.05, 4.69) is 9.71 Å². The molecule has 0 amide bonds. The second kappa shape index (κ2) is 3.93. The number of nitrogen functional groups attached to an aromatic ring is 1. The minimum atomic E-state index is -2.18. The van der Waals surface area contributed by atoms with Crippen LogP contribution in [0, 0.1) is 0 Å². The van der Waals surface area contributed by atoms with Crippen molar-refractivity contribution in [3.8, 4) is 0 Å². The fourth-order valence-electron chi connectivity index (χ4n) is 1.63. The van der Waals surface area contributed by atoms with Crippen LogP contribution in [0.5, 0.6) is 0 Å². The lowest BCUT2D eigenvalue weighted by atomic mass is 9.99. The summed E-state index contributed by atoms with van der Waals surface area (Å²) in [5, 5.41) is 0.568. The first-order chi connectivity index (χ1) is 6.65. The molecule has 5 nitrogen and oxygen atoms in total. The summed E-state index contributed by atoms with van der Waals surface area (Å²) in [7, 11) is 0. The van der Waals surface area contributed by atoms with Crippen LogP contribution >= 0.6 is 11.3 Å². The molecule has 0 aromatic carbocycles. The Morgan fingerprint density at radius 3 is 3.21 bits per heavy atom. The van der Waals surface area contributed by atoms with Gasteiger partial charge < -0.3 is 10.3 Å². The van der Waals surface area contributed by atoms with Crippen LogP contribution in [0.25, 0.3) is 0 Å². The number of nitrogens with one attached hydrogen (secondary N) is 1. The molecule has 14 heavy (non-hydrogen) atoms. The number of nitrogens with two attached hydrogens (primary N) is 1. The Labute approximate surface area is 88.1 Å². The maximum absolute atomic E-state index is 10.4. The molecule has 7 heteroatoms. The predicted octanol–water partition coefficient (Wildman–Crippen LogP) is -0.0337. The number of hydrogen-bond acceptors (Lipinski definition) is 5. The molecule has 0 fully saturated rings. The van der Waals surface area contributed by atoms with Crippen LogP contribution in [-0.2, 0) is 24.1 Å². The molecular weight excluding hydrogens is 222 g/mol. The molecule has 0 bridgehead atoms. The lowest BCUT2D eigenvalue weighted by Crippen LogP contribution is -2.35. The number of anilines is 1. The van der Waals surface area contributed by atoms with E-state index in [4.69, 9.17) is 5.73 Å². The predicted molar refractivity (Wildman–Crippen MR) is 54.4 cm³/mol. The average Bonchev–Trinajstić information content (AvgIpc) is 2.42. The number of rotatable bonds is 2. The van der Waals surface area contributed by atoms with Gasteiger partial charge in [-0.2, -0.15) is 0 Å². The summed E-state index contributed by atoms with van der Waals surface area (Å²) in [6.07, 6.45) is 2.31. The number of hydrogen-bond donors (Lipinski definition) is 2. The Balaban J connectivity index is 2.09. The van der Waals surface area contributed by atoms with E-state index in [0.717, 1.165) is 23.4 Å². The van der Waals surface area contributed by atoms with Crippen molar-refractivity contribution in [2.24, 2.45) is 0 Å². The molecule has 1 aromatic heterocycles. The van der Waals surface area contributed by atoms with E-state index in [1.807, 2.05) is 0 Å². The molecule has 0 saturated heterocycles. The standard InChI is InChI=1S/C7H11N3O2S2/c8-7-9-5-2-1-4(10-14(11)12)3-6(5)13-7/h4,10H,1-3H2,(H2,8,9)(H,11,12)/p-1/t4-/m0/s1. The van der Waals surface area contributed by atoms with E-state index in [-0.39, 0.29) is 6.04 Å². The zero-order valence-electron chi connectivity index (χ0n) is 7.36. The van der Waals surface area contributed by atoms with Gasteiger partial charge in [0.1, 0.15) is 0 Å². The van der Waals surface area contributed by atoms with Crippen molar-refractivity contribution in [1.82, 2.24) is 9.71 Å². The second-order valence-corrected chi connectivity index (χ2v) is 5.03. The molecule has 3 N–H and O–H groups in total. The number of aromatic nitrogens is 1. The highest BCUT2D eigenvalue weighted by atomic mass is 32.2.